The Labute approximate surface area is 151 Å². The number of hydrogen-bond acceptors (Lipinski definition) is 2. The topological polar surface area (TPSA) is 27.6 Å². The Morgan fingerprint density at radius 1 is 1.36 bits per heavy atom. The summed E-state index contributed by atoms with van der Waals surface area (Å²) < 4.78 is 0. The highest BCUT2D eigenvalue weighted by molar-refractivity contribution is 5.68. The van der Waals surface area contributed by atoms with E-state index in [1.54, 1.807) is 6.34 Å². The van der Waals surface area contributed by atoms with Gasteiger partial charge in [0.1, 0.15) is 6.34 Å². The number of nitrogens with one attached hydrogen (secondary N) is 1. The molecule has 1 aromatic rings. The van der Waals surface area contributed by atoms with Crippen LogP contribution in [0.2, 0.25) is 0 Å². The molecule has 0 heterocycles. The summed E-state index contributed by atoms with van der Waals surface area (Å²) in [5, 5.41) is 2.04. The molecular weight excluding hydrogens is 306 g/mol. The molecule has 3 nitrogen and oxygen atoms in total. The van der Waals surface area contributed by atoms with Crippen molar-refractivity contribution in [2.75, 3.05) is 6.54 Å². The summed E-state index contributed by atoms with van der Waals surface area (Å²) >= 11 is 0. The Morgan fingerprint density at radius 3 is 2.84 bits per heavy atom. The first-order valence-electron chi connectivity index (χ1n) is 9.09. The molecule has 1 fully saturated rings. The lowest BCUT2D eigenvalue weighted by Crippen LogP contribution is -2.35. The molecule has 0 atom stereocenters. The molecule has 2 aliphatic rings. The molecule has 1 saturated carbocycles. The van der Waals surface area contributed by atoms with Gasteiger partial charge >= 0.3 is 0 Å². The van der Waals surface area contributed by atoms with E-state index < -0.39 is 0 Å². The summed E-state index contributed by atoms with van der Waals surface area (Å²) in [6.07, 6.45) is 14.1. The third-order valence-electron chi connectivity index (χ3n) is 4.54. The third kappa shape index (κ3) is 4.30. The van der Waals surface area contributed by atoms with E-state index in [9.17, 15) is 0 Å². The van der Waals surface area contributed by atoms with Crippen molar-refractivity contribution in [2.45, 2.75) is 33.1 Å². The first-order chi connectivity index (χ1) is 12.2. The summed E-state index contributed by atoms with van der Waals surface area (Å²) in [7, 11) is 0. The van der Waals surface area contributed by atoms with Gasteiger partial charge in [0.15, 0.2) is 0 Å². The van der Waals surface area contributed by atoms with E-state index in [0.29, 0.717) is 0 Å². The van der Waals surface area contributed by atoms with Gasteiger partial charge in [-0.2, -0.15) is 0 Å². The van der Waals surface area contributed by atoms with Gasteiger partial charge in [0.05, 0.1) is 11.4 Å². The number of allylic oxidation sites excluding steroid dienone is 4. The monoisotopic (exact) mass is 333 g/mol. The molecule has 3 heteroatoms. The summed E-state index contributed by atoms with van der Waals surface area (Å²) in [6.45, 7) is 9.12. The Morgan fingerprint density at radius 2 is 2.16 bits per heavy atom. The van der Waals surface area contributed by atoms with Gasteiger partial charge in [0.25, 0.3) is 0 Å². The SMILES string of the molecule is C=C(/C=C\C1CC1)N(NC=NCC)/C(=C\C)C1=Cc2ccccc2C1. The van der Waals surface area contributed by atoms with E-state index in [0.717, 1.165) is 30.3 Å². The molecule has 1 N–H and O–H groups in total. The summed E-state index contributed by atoms with van der Waals surface area (Å²) in [6, 6.07) is 8.57. The van der Waals surface area contributed by atoms with E-state index in [-0.39, 0.29) is 0 Å². The second kappa shape index (κ2) is 8.02. The fourth-order valence-corrected chi connectivity index (χ4v) is 3.01. The predicted molar refractivity (Wildman–Crippen MR) is 107 cm³/mol. The van der Waals surface area contributed by atoms with Crippen molar-refractivity contribution >= 4 is 12.4 Å². The van der Waals surface area contributed by atoms with Crippen LogP contribution in [0.4, 0.5) is 0 Å². The lowest BCUT2D eigenvalue weighted by Gasteiger charge is -2.28. The molecule has 0 saturated heterocycles. The fourth-order valence-electron chi connectivity index (χ4n) is 3.01. The van der Waals surface area contributed by atoms with Crippen molar-refractivity contribution < 1.29 is 0 Å². The maximum absolute atomic E-state index is 4.29. The van der Waals surface area contributed by atoms with Crippen LogP contribution in [0.5, 0.6) is 0 Å². The first-order valence-corrected chi connectivity index (χ1v) is 9.09. The molecule has 25 heavy (non-hydrogen) atoms. The highest BCUT2D eigenvalue weighted by atomic mass is 15.5. The fraction of sp³-hybridized carbons (Fsp3) is 0.318. The molecule has 1 aromatic carbocycles. The minimum absolute atomic E-state index is 0.729. The molecule has 0 aliphatic heterocycles. The van der Waals surface area contributed by atoms with Crippen molar-refractivity contribution in [1.82, 2.24) is 10.4 Å². The van der Waals surface area contributed by atoms with E-state index >= 15 is 0 Å². The average Bonchev–Trinajstić information content (AvgIpc) is 3.36. The molecule has 2 aliphatic carbocycles. The minimum atomic E-state index is 0.729. The molecule has 0 bridgehead atoms. The lowest BCUT2D eigenvalue weighted by molar-refractivity contribution is 0.405. The van der Waals surface area contributed by atoms with Gasteiger partial charge in [-0.25, -0.2) is 0 Å². The van der Waals surface area contributed by atoms with Gasteiger partial charge in [0, 0.05) is 13.0 Å². The third-order valence-corrected chi connectivity index (χ3v) is 4.54. The zero-order valence-electron chi connectivity index (χ0n) is 15.2. The zero-order valence-corrected chi connectivity index (χ0v) is 15.2. The lowest BCUT2D eigenvalue weighted by atomic mass is 10.1. The van der Waals surface area contributed by atoms with Gasteiger partial charge < -0.3 is 0 Å². The summed E-state index contributed by atoms with van der Waals surface area (Å²) in [4.78, 5) is 4.29. The largest absolute Gasteiger partial charge is 0.284 e. The number of hydrazine groups is 1. The van der Waals surface area contributed by atoms with Crippen LogP contribution < -0.4 is 5.43 Å². The van der Waals surface area contributed by atoms with E-state index in [1.807, 2.05) is 11.9 Å². The first kappa shape index (κ1) is 17.3. The van der Waals surface area contributed by atoms with Crippen LogP contribution in [0.15, 0.2) is 71.0 Å². The van der Waals surface area contributed by atoms with E-state index in [1.165, 1.54) is 29.5 Å². The molecule has 0 aromatic heterocycles. The van der Waals surface area contributed by atoms with Crippen molar-refractivity contribution in [2.24, 2.45) is 10.9 Å². The second-order valence-corrected chi connectivity index (χ2v) is 6.50. The van der Waals surface area contributed by atoms with Gasteiger partial charge in [-0.1, -0.05) is 43.0 Å². The van der Waals surface area contributed by atoms with Crippen LogP contribution in [0, 0.1) is 5.92 Å². The maximum atomic E-state index is 4.29. The summed E-state index contributed by atoms with van der Waals surface area (Å²) in [5.74, 6) is 0.729. The number of nitrogens with zero attached hydrogens (tertiary/aromatic N) is 2. The Hall–Kier alpha value is -2.55. The number of benzene rings is 1. The van der Waals surface area contributed by atoms with Gasteiger partial charge in [-0.3, -0.25) is 15.4 Å². The van der Waals surface area contributed by atoms with Crippen LogP contribution in [0.1, 0.15) is 37.8 Å². The highest BCUT2D eigenvalue weighted by Crippen LogP contribution is 2.33. The van der Waals surface area contributed by atoms with Gasteiger partial charge in [0.2, 0.25) is 0 Å². The molecule has 3 rings (SSSR count). The Bertz CT molecular complexity index is 748. The van der Waals surface area contributed by atoms with Crippen molar-refractivity contribution in [1.29, 1.82) is 0 Å². The zero-order chi connectivity index (χ0) is 17.6. The predicted octanol–water partition coefficient (Wildman–Crippen LogP) is 4.86. The minimum Gasteiger partial charge on any atom is -0.284 e. The summed E-state index contributed by atoms with van der Waals surface area (Å²) in [5.41, 5.74) is 9.33. The van der Waals surface area contributed by atoms with Gasteiger partial charge in [-0.15, -0.1) is 0 Å². The Kier molecular flexibility index (Phi) is 5.54. The molecule has 130 valence electrons. The van der Waals surface area contributed by atoms with Crippen LogP contribution in [-0.4, -0.2) is 17.9 Å². The molecule has 0 amide bonds. The van der Waals surface area contributed by atoms with Crippen LogP contribution in [-0.2, 0) is 6.42 Å². The number of rotatable bonds is 8. The van der Waals surface area contributed by atoms with Crippen LogP contribution in [0.3, 0.4) is 0 Å². The van der Waals surface area contributed by atoms with E-state index in [2.05, 4.69) is 72.5 Å². The normalized spacial score (nSPS) is 17.0. The quantitative estimate of drug-likeness (QED) is 0.318. The number of aliphatic imine (C=N–C) groups is 1. The highest BCUT2D eigenvalue weighted by Gasteiger charge is 2.21. The van der Waals surface area contributed by atoms with Crippen molar-refractivity contribution in [3.05, 3.63) is 77.2 Å². The number of fused-ring (bicyclic) bond motifs is 1. The molecule has 0 unspecified atom stereocenters. The van der Waals surface area contributed by atoms with E-state index in [4.69, 9.17) is 0 Å². The number of hydrogen-bond donors (Lipinski definition) is 1. The Balaban J connectivity index is 1.82. The van der Waals surface area contributed by atoms with Crippen molar-refractivity contribution in [3.8, 4) is 0 Å². The molecule has 0 radical (unpaired) electrons. The molecule has 0 spiro atoms. The average molecular weight is 333 g/mol. The van der Waals surface area contributed by atoms with Crippen molar-refractivity contribution in [3.63, 3.8) is 0 Å². The molecular formula is C22H27N3. The van der Waals surface area contributed by atoms with Crippen LogP contribution in [0.25, 0.3) is 6.08 Å². The van der Waals surface area contributed by atoms with Gasteiger partial charge in [-0.05, 0) is 61.5 Å². The standard InChI is InChI=1S/C22H27N3/c1-4-22(21-14-19-8-6-7-9-20(19)15-21)25(24-16-23-5-2)17(3)10-11-18-12-13-18/h4,6-11,14,16,18H,3,5,12-13,15H2,1-2H3,(H,23,24)/b11-10-,22-4-. The van der Waals surface area contributed by atoms with Crippen LogP contribution >= 0.6 is 0 Å². The second-order valence-electron chi connectivity index (χ2n) is 6.50. The smallest absolute Gasteiger partial charge is 0.101 e. The maximum Gasteiger partial charge on any atom is 0.101 e.